The molecule has 0 aromatic carbocycles. The zero-order chi connectivity index (χ0) is 12.6. The topological polar surface area (TPSA) is 57.6 Å². The summed E-state index contributed by atoms with van der Waals surface area (Å²) in [5.74, 6) is -0.250. The van der Waals surface area contributed by atoms with Crippen molar-refractivity contribution >= 4 is 23.6 Å². The van der Waals surface area contributed by atoms with Crippen LogP contribution in [0.4, 0.5) is 0 Å². The van der Waals surface area contributed by atoms with Gasteiger partial charge in [0, 0.05) is 6.54 Å². The number of nitrogens with zero attached hydrogens (tertiary/aromatic N) is 1. The van der Waals surface area contributed by atoms with Gasteiger partial charge in [-0.1, -0.05) is 6.42 Å². The maximum Gasteiger partial charge on any atom is 0.326 e. The van der Waals surface area contributed by atoms with E-state index in [9.17, 15) is 14.7 Å². The van der Waals surface area contributed by atoms with E-state index in [1.165, 1.54) is 11.8 Å². The summed E-state index contributed by atoms with van der Waals surface area (Å²) in [5.41, 5.74) is 0. The molecule has 1 aliphatic carbocycles. The van der Waals surface area contributed by atoms with Crippen LogP contribution >= 0.6 is 11.8 Å². The van der Waals surface area contributed by atoms with Gasteiger partial charge < -0.3 is 10.0 Å². The summed E-state index contributed by atoms with van der Waals surface area (Å²) in [4.78, 5) is 25.1. The number of carboxylic acids is 1. The zero-order valence-electron chi connectivity index (χ0n) is 10.3. The molecule has 4 nitrogen and oxygen atoms in total. The Kier molecular flexibility index (Phi) is 3.66. The fourth-order valence-electron chi connectivity index (χ4n) is 3.18. The Balaban J connectivity index is 2.17. The van der Waals surface area contributed by atoms with E-state index in [2.05, 4.69) is 0 Å². The van der Waals surface area contributed by atoms with Gasteiger partial charge >= 0.3 is 5.97 Å². The first-order chi connectivity index (χ1) is 8.06. The highest BCUT2D eigenvalue weighted by Crippen LogP contribution is 2.42. The fraction of sp³-hybridized carbons (Fsp3) is 0.833. The van der Waals surface area contributed by atoms with E-state index in [1.54, 1.807) is 4.90 Å². The van der Waals surface area contributed by atoms with Crippen LogP contribution in [0.15, 0.2) is 0 Å². The monoisotopic (exact) mass is 257 g/mol. The predicted molar refractivity (Wildman–Crippen MR) is 66.9 cm³/mol. The van der Waals surface area contributed by atoms with Crippen molar-refractivity contribution < 1.29 is 14.7 Å². The van der Waals surface area contributed by atoms with Gasteiger partial charge in [0.15, 0.2) is 0 Å². The van der Waals surface area contributed by atoms with Crippen molar-refractivity contribution in [1.82, 2.24) is 4.90 Å². The Hall–Kier alpha value is -0.710. The lowest BCUT2D eigenvalue weighted by molar-refractivity contribution is -0.149. The van der Waals surface area contributed by atoms with E-state index in [4.69, 9.17) is 0 Å². The van der Waals surface area contributed by atoms with Crippen molar-refractivity contribution in [1.29, 1.82) is 0 Å². The van der Waals surface area contributed by atoms with Gasteiger partial charge in [0.1, 0.15) is 6.04 Å². The molecule has 0 spiro atoms. The van der Waals surface area contributed by atoms with E-state index in [1.807, 2.05) is 13.2 Å². The molecule has 0 bridgehead atoms. The maximum atomic E-state index is 12.2. The Labute approximate surface area is 106 Å². The number of thioether (sulfide) groups is 1. The number of amides is 1. The molecule has 4 atom stereocenters. The lowest BCUT2D eigenvalue weighted by Crippen LogP contribution is -2.46. The second-order valence-electron chi connectivity index (χ2n) is 5.01. The Morgan fingerprint density at radius 1 is 1.41 bits per heavy atom. The first kappa shape index (κ1) is 12.7. The highest BCUT2D eigenvalue weighted by molar-refractivity contribution is 7.99. The number of hydrogen-bond acceptors (Lipinski definition) is 3. The molecular weight excluding hydrogens is 238 g/mol. The van der Waals surface area contributed by atoms with E-state index in [0.717, 1.165) is 19.3 Å². The van der Waals surface area contributed by atoms with E-state index < -0.39 is 12.0 Å². The van der Waals surface area contributed by atoms with Crippen LogP contribution in [0.3, 0.4) is 0 Å². The number of rotatable bonds is 3. The molecule has 4 unspecified atom stereocenters. The van der Waals surface area contributed by atoms with Gasteiger partial charge in [-0.3, -0.25) is 4.79 Å². The van der Waals surface area contributed by atoms with Crippen LogP contribution in [0.5, 0.6) is 0 Å². The molecule has 17 heavy (non-hydrogen) atoms. The third-order valence-corrected chi connectivity index (χ3v) is 5.04. The standard InChI is InChI=1S/C12H19NO3S/c1-7(17-2)11(14)13-6-8-4-3-5-9(8)10(13)12(15)16/h7-10H,3-6H2,1-2H3,(H,15,16). The largest absolute Gasteiger partial charge is 0.480 e. The molecule has 2 fully saturated rings. The number of aliphatic carboxylic acids is 1. The van der Waals surface area contributed by atoms with Crippen molar-refractivity contribution in [2.45, 2.75) is 37.5 Å². The normalized spacial score (nSPS) is 33.5. The first-order valence-corrected chi connectivity index (χ1v) is 7.41. The predicted octanol–water partition coefficient (Wildman–Crippen LogP) is 1.45. The van der Waals surface area contributed by atoms with Crippen LogP contribution in [0.1, 0.15) is 26.2 Å². The summed E-state index contributed by atoms with van der Waals surface area (Å²) in [6.07, 6.45) is 5.03. The summed E-state index contributed by atoms with van der Waals surface area (Å²) >= 11 is 1.48. The molecule has 1 heterocycles. The maximum absolute atomic E-state index is 12.2. The van der Waals surface area contributed by atoms with Crippen LogP contribution in [-0.2, 0) is 9.59 Å². The van der Waals surface area contributed by atoms with Crippen LogP contribution in [0.25, 0.3) is 0 Å². The average molecular weight is 257 g/mol. The molecule has 1 saturated heterocycles. The van der Waals surface area contributed by atoms with Gasteiger partial charge in [-0.15, -0.1) is 0 Å². The van der Waals surface area contributed by atoms with Crippen LogP contribution in [-0.4, -0.2) is 46.0 Å². The molecule has 2 rings (SSSR count). The van der Waals surface area contributed by atoms with Gasteiger partial charge in [-0.2, -0.15) is 11.8 Å². The van der Waals surface area contributed by atoms with Crippen molar-refractivity contribution in [2.24, 2.45) is 11.8 Å². The molecule has 96 valence electrons. The SMILES string of the molecule is CSC(C)C(=O)N1CC2CCCC2C1C(=O)O. The van der Waals surface area contributed by atoms with Crippen LogP contribution in [0.2, 0.25) is 0 Å². The Bertz CT molecular complexity index is 334. The smallest absolute Gasteiger partial charge is 0.326 e. The first-order valence-electron chi connectivity index (χ1n) is 6.12. The molecule has 2 aliphatic rings. The lowest BCUT2D eigenvalue weighted by Gasteiger charge is -2.26. The fourth-order valence-corrected chi connectivity index (χ4v) is 3.52. The lowest BCUT2D eigenvalue weighted by atomic mass is 9.94. The molecule has 0 radical (unpaired) electrons. The molecular formula is C12H19NO3S. The van der Waals surface area contributed by atoms with Gasteiger partial charge in [-0.25, -0.2) is 4.79 Å². The van der Waals surface area contributed by atoms with Gasteiger partial charge in [0.25, 0.3) is 0 Å². The Morgan fingerprint density at radius 3 is 2.71 bits per heavy atom. The summed E-state index contributed by atoms with van der Waals surface area (Å²) in [6, 6.07) is -0.579. The van der Waals surface area contributed by atoms with Crippen molar-refractivity contribution in [3.05, 3.63) is 0 Å². The van der Waals surface area contributed by atoms with Crippen LogP contribution < -0.4 is 0 Å². The molecule has 5 heteroatoms. The van der Waals surface area contributed by atoms with Crippen molar-refractivity contribution in [2.75, 3.05) is 12.8 Å². The quantitative estimate of drug-likeness (QED) is 0.831. The minimum Gasteiger partial charge on any atom is -0.480 e. The summed E-state index contributed by atoms with van der Waals surface area (Å²) < 4.78 is 0. The minimum atomic E-state index is -0.832. The highest BCUT2D eigenvalue weighted by Gasteiger charge is 2.49. The van der Waals surface area contributed by atoms with Gasteiger partial charge in [0.05, 0.1) is 5.25 Å². The molecule has 1 aliphatic heterocycles. The molecule has 1 N–H and O–H groups in total. The third kappa shape index (κ3) is 2.17. The summed E-state index contributed by atoms with van der Waals surface area (Å²) in [5, 5.41) is 9.19. The third-order valence-electron chi connectivity index (χ3n) is 4.13. The highest BCUT2D eigenvalue weighted by atomic mass is 32.2. The molecule has 1 amide bonds. The second-order valence-corrected chi connectivity index (χ2v) is 6.18. The van der Waals surface area contributed by atoms with E-state index >= 15 is 0 Å². The zero-order valence-corrected chi connectivity index (χ0v) is 11.1. The average Bonchev–Trinajstić information content (AvgIpc) is 2.85. The number of fused-ring (bicyclic) bond motifs is 1. The molecule has 0 aromatic rings. The van der Waals surface area contributed by atoms with Gasteiger partial charge in [0.2, 0.25) is 5.91 Å². The summed E-state index contributed by atoms with van der Waals surface area (Å²) in [7, 11) is 0. The van der Waals surface area contributed by atoms with Crippen molar-refractivity contribution in [3.8, 4) is 0 Å². The second kappa shape index (κ2) is 4.88. The Morgan fingerprint density at radius 2 is 2.12 bits per heavy atom. The van der Waals surface area contributed by atoms with Crippen LogP contribution in [0, 0.1) is 11.8 Å². The van der Waals surface area contributed by atoms with E-state index in [-0.39, 0.29) is 17.1 Å². The number of hydrogen-bond donors (Lipinski definition) is 1. The van der Waals surface area contributed by atoms with E-state index in [0.29, 0.717) is 12.5 Å². The number of carbonyl (C=O) groups excluding carboxylic acids is 1. The van der Waals surface area contributed by atoms with Crippen molar-refractivity contribution in [3.63, 3.8) is 0 Å². The van der Waals surface area contributed by atoms with Gasteiger partial charge in [-0.05, 0) is 37.9 Å². The number of carbonyl (C=O) groups is 2. The molecule has 0 aromatic heterocycles. The minimum absolute atomic E-state index is 0.0145. The number of carboxylic acid groups (broad SMARTS) is 1. The number of likely N-dealkylation sites (tertiary alicyclic amines) is 1. The molecule has 1 saturated carbocycles. The summed E-state index contributed by atoms with van der Waals surface area (Å²) in [6.45, 7) is 2.49.